The van der Waals surface area contributed by atoms with Crippen molar-refractivity contribution in [3.05, 3.63) is 70.7 Å². The monoisotopic (exact) mass is 479 g/mol. The number of rotatable bonds is 10. The fourth-order valence-electron chi connectivity index (χ4n) is 3.02. The molecule has 0 bridgehead atoms. The average Bonchev–Trinajstić information content (AvgIpc) is 2.73. The summed E-state index contributed by atoms with van der Waals surface area (Å²) in [5, 5.41) is 3.46. The van der Waals surface area contributed by atoms with Crippen LogP contribution in [-0.4, -0.2) is 55.8 Å². The van der Waals surface area contributed by atoms with Crippen molar-refractivity contribution < 1.29 is 18.0 Å². The Labute approximate surface area is 195 Å². The minimum absolute atomic E-state index is 0.113. The van der Waals surface area contributed by atoms with Crippen molar-refractivity contribution in [3.8, 4) is 0 Å². The molecule has 0 saturated carbocycles. The summed E-state index contributed by atoms with van der Waals surface area (Å²) in [6.07, 6.45) is 1.04. The molecular formula is C23H30ClN3O4S. The van der Waals surface area contributed by atoms with Gasteiger partial charge in [0.2, 0.25) is 21.8 Å². The molecule has 0 spiro atoms. The largest absolute Gasteiger partial charge is 0.354 e. The van der Waals surface area contributed by atoms with Gasteiger partial charge < -0.3 is 10.2 Å². The van der Waals surface area contributed by atoms with Gasteiger partial charge in [-0.1, -0.05) is 67.9 Å². The van der Waals surface area contributed by atoms with Crippen LogP contribution in [-0.2, 0) is 26.2 Å². The van der Waals surface area contributed by atoms with E-state index in [-0.39, 0.29) is 24.9 Å². The van der Waals surface area contributed by atoms with Crippen LogP contribution in [0.15, 0.2) is 54.6 Å². The molecule has 2 aromatic carbocycles. The standard InChI is InChI=1S/C23H30ClN3O4S/c1-17(2)14-25-23(29)22(19-8-6-5-7-9-19)27(15-18-10-12-20(24)13-11-18)21(28)16-26(3)32(4,30)31/h5-13,17,22H,14-16H2,1-4H3,(H,25,29)/t22-/m1/s1. The molecule has 7 nitrogen and oxygen atoms in total. The minimum Gasteiger partial charge on any atom is -0.354 e. The quantitative estimate of drug-likeness (QED) is 0.567. The fourth-order valence-corrected chi connectivity index (χ4v) is 3.49. The van der Waals surface area contributed by atoms with Crippen LogP contribution < -0.4 is 5.32 Å². The summed E-state index contributed by atoms with van der Waals surface area (Å²) >= 11 is 5.99. The number of nitrogens with zero attached hydrogens (tertiary/aromatic N) is 2. The Bertz CT molecular complexity index is 1010. The van der Waals surface area contributed by atoms with Gasteiger partial charge in [0, 0.05) is 25.2 Å². The van der Waals surface area contributed by atoms with Crippen molar-refractivity contribution in [1.82, 2.24) is 14.5 Å². The molecule has 9 heteroatoms. The summed E-state index contributed by atoms with van der Waals surface area (Å²) in [5.74, 6) is -0.581. The van der Waals surface area contributed by atoms with Crippen molar-refractivity contribution in [3.63, 3.8) is 0 Å². The third kappa shape index (κ3) is 7.62. The molecule has 0 fully saturated rings. The van der Waals surface area contributed by atoms with E-state index < -0.39 is 22.0 Å². The molecule has 0 aliphatic carbocycles. The van der Waals surface area contributed by atoms with E-state index in [9.17, 15) is 18.0 Å². The molecule has 0 saturated heterocycles. The number of likely N-dealkylation sites (N-methyl/N-ethyl adjacent to an activating group) is 1. The second kappa shape index (κ2) is 11.4. The SMILES string of the molecule is CC(C)CNC(=O)[C@@H](c1ccccc1)N(Cc1ccc(Cl)cc1)C(=O)CN(C)S(C)(=O)=O. The van der Waals surface area contributed by atoms with Gasteiger partial charge in [0.1, 0.15) is 6.04 Å². The molecule has 2 aromatic rings. The number of amides is 2. The molecule has 1 N–H and O–H groups in total. The van der Waals surface area contributed by atoms with Crippen LogP contribution in [0.25, 0.3) is 0 Å². The second-order valence-corrected chi connectivity index (χ2v) is 10.6. The molecule has 2 amide bonds. The summed E-state index contributed by atoms with van der Waals surface area (Å²) in [4.78, 5) is 28.0. The number of halogens is 1. The van der Waals surface area contributed by atoms with E-state index >= 15 is 0 Å². The van der Waals surface area contributed by atoms with Crippen LogP contribution >= 0.6 is 11.6 Å². The van der Waals surface area contributed by atoms with Crippen molar-refractivity contribution in [2.24, 2.45) is 5.92 Å². The Hall–Kier alpha value is -2.42. The highest BCUT2D eigenvalue weighted by atomic mass is 35.5. The van der Waals surface area contributed by atoms with E-state index in [1.165, 1.54) is 11.9 Å². The van der Waals surface area contributed by atoms with Crippen LogP contribution in [0.3, 0.4) is 0 Å². The summed E-state index contributed by atoms with van der Waals surface area (Å²) in [6, 6.07) is 15.0. The molecule has 0 unspecified atom stereocenters. The van der Waals surface area contributed by atoms with Gasteiger partial charge in [-0.25, -0.2) is 8.42 Å². The van der Waals surface area contributed by atoms with E-state index in [0.717, 1.165) is 16.1 Å². The lowest BCUT2D eigenvalue weighted by atomic mass is 10.0. The molecular weight excluding hydrogens is 450 g/mol. The highest BCUT2D eigenvalue weighted by Crippen LogP contribution is 2.25. The predicted octanol–water partition coefficient (Wildman–Crippen LogP) is 3.07. The van der Waals surface area contributed by atoms with E-state index in [0.29, 0.717) is 17.1 Å². The molecule has 0 aromatic heterocycles. The number of hydrogen-bond donors (Lipinski definition) is 1. The molecule has 0 aliphatic heterocycles. The number of sulfonamides is 1. The van der Waals surface area contributed by atoms with Crippen LogP contribution in [0.5, 0.6) is 0 Å². The summed E-state index contributed by atoms with van der Waals surface area (Å²) < 4.78 is 24.8. The van der Waals surface area contributed by atoms with Crippen LogP contribution in [0, 0.1) is 5.92 Å². The third-order valence-corrected chi connectivity index (χ3v) is 6.38. The molecule has 0 heterocycles. The molecule has 1 atom stereocenters. The first-order valence-corrected chi connectivity index (χ1v) is 12.5. The average molecular weight is 480 g/mol. The van der Waals surface area contributed by atoms with E-state index in [1.807, 2.05) is 19.9 Å². The fraction of sp³-hybridized carbons (Fsp3) is 0.391. The van der Waals surface area contributed by atoms with Gasteiger partial charge in [0.05, 0.1) is 12.8 Å². The van der Waals surface area contributed by atoms with Gasteiger partial charge in [-0.15, -0.1) is 0 Å². The second-order valence-electron chi connectivity index (χ2n) is 8.12. The third-order valence-electron chi connectivity index (χ3n) is 4.87. The topological polar surface area (TPSA) is 86.8 Å². The van der Waals surface area contributed by atoms with Crippen molar-refractivity contribution in [1.29, 1.82) is 0 Å². The summed E-state index contributed by atoms with van der Waals surface area (Å²) in [5.41, 5.74) is 1.40. The van der Waals surface area contributed by atoms with Crippen molar-refractivity contribution >= 4 is 33.4 Å². The first-order valence-electron chi connectivity index (χ1n) is 10.3. The summed E-state index contributed by atoms with van der Waals surface area (Å²) in [7, 11) is -2.24. The molecule has 32 heavy (non-hydrogen) atoms. The zero-order valence-corrected chi connectivity index (χ0v) is 20.4. The van der Waals surface area contributed by atoms with Gasteiger partial charge in [-0.05, 0) is 29.2 Å². The Morgan fingerprint density at radius 2 is 1.62 bits per heavy atom. The zero-order chi connectivity index (χ0) is 23.9. The first-order chi connectivity index (χ1) is 15.0. The lowest BCUT2D eigenvalue weighted by Crippen LogP contribution is -2.47. The van der Waals surface area contributed by atoms with E-state index in [4.69, 9.17) is 11.6 Å². The van der Waals surface area contributed by atoms with Gasteiger partial charge in [-0.2, -0.15) is 4.31 Å². The van der Waals surface area contributed by atoms with Crippen molar-refractivity contribution in [2.45, 2.75) is 26.4 Å². The lowest BCUT2D eigenvalue weighted by molar-refractivity contribution is -0.141. The maximum Gasteiger partial charge on any atom is 0.247 e. The number of hydrogen-bond acceptors (Lipinski definition) is 4. The van der Waals surface area contributed by atoms with Crippen molar-refractivity contribution in [2.75, 3.05) is 26.4 Å². The molecule has 174 valence electrons. The van der Waals surface area contributed by atoms with Gasteiger partial charge in [0.25, 0.3) is 0 Å². The zero-order valence-electron chi connectivity index (χ0n) is 18.8. The molecule has 0 radical (unpaired) electrons. The van der Waals surface area contributed by atoms with Gasteiger partial charge >= 0.3 is 0 Å². The highest BCUT2D eigenvalue weighted by Gasteiger charge is 2.32. The van der Waals surface area contributed by atoms with Gasteiger partial charge in [0.15, 0.2) is 0 Å². The highest BCUT2D eigenvalue weighted by molar-refractivity contribution is 7.88. The Kier molecular flexibility index (Phi) is 9.24. The number of benzene rings is 2. The first kappa shape index (κ1) is 25.8. The number of nitrogens with one attached hydrogen (secondary N) is 1. The maximum atomic E-state index is 13.3. The molecule has 2 rings (SSSR count). The Morgan fingerprint density at radius 3 is 2.16 bits per heavy atom. The number of carbonyl (C=O) groups is 2. The van der Waals surface area contributed by atoms with Crippen LogP contribution in [0.2, 0.25) is 5.02 Å². The lowest BCUT2D eigenvalue weighted by Gasteiger charge is -2.32. The number of carbonyl (C=O) groups excluding carboxylic acids is 2. The Balaban J connectivity index is 2.47. The van der Waals surface area contributed by atoms with Gasteiger partial charge in [-0.3, -0.25) is 9.59 Å². The normalized spacial score (nSPS) is 12.6. The van der Waals surface area contributed by atoms with Crippen LogP contribution in [0.1, 0.15) is 31.0 Å². The van der Waals surface area contributed by atoms with E-state index in [2.05, 4.69) is 5.32 Å². The predicted molar refractivity (Wildman–Crippen MR) is 127 cm³/mol. The Morgan fingerprint density at radius 1 is 1.03 bits per heavy atom. The maximum absolute atomic E-state index is 13.3. The molecule has 0 aliphatic rings. The minimum atomic E-state index is -3.57. The smallest absolute Gasteiger partial charge is 0.247 e. The van der Waals surface area contributed by atoms with E-state index in [1.54, 1.807) is 48.5 Å². The van der Waals surface area contributed by atoms with Crippen LogP contribution in [0.4, 0.5) is 0 Å². The summed E-state index contributed by atoms with van der Waals surface area (Å²) in [6.45, 7) is 4.15.